The average molecular weight is 264 g/mol. The molecular formula is C18H20N2. The molecule has 2 aromatic rings. The predicted octanol–water partition coefficient (Wildman–Crippen LogP) is 3.80. The molecule has 2 nitrogen and oxygen atoms in total. The average Bonchev–Trinajstić information content (AvgIpc) is 2.70. The van der Waals surface area contributed by atoms with E-state index in [1.54, 1.807) is 0 Å². The topological polar surface area (TPSA) is 6.48 Å². The van der Waals surface area contributed by atoms with E-state index in [1.807, 2.05) is 0 Å². The third-order valence-corrected chi connectivity index (χ3v) is 4.25. The second-order valence-electron chi connectivity index (χ2n) is 5.61. The van der Waals surface area contributed by atoms with Gasteiger partial charge in [0.05, 0.1) is 11.1 Å². The molecule has 3 rings (SSSR count). The lowest BCUT2D eigenvalue weighted by Crippen LogP contribution is -2.37. The van der Waals surface area contributed by atoms with Gasteiger partial charge in [0.15, 0.2) is 0 Å². The van der Waals surface area contributed by atoms with Gasteiger partial charge in [-0.05, 0) is 24.1 Å². The molecule has 0 saturated heterocycles. The van der Waals surface area contributed by atoms with Crippen LogP contribution in [0.3, 0.4) is 0 Å². The van der Waals surface area contributed by atoms with Gasteiger partial charge in [0.2, 0.25) is 0 Å². The highest BCUT2D eigenvalue weighted by molar-refractivity contribution is 5.72. The van der Waals surface area contributed by atoms with Crippen LogP contribution >= 0.6 is 0 Å². The van der Waals surface area contributed by atoms with E-state index in [9.17, 15) is 0 Å². The molecule has 2 aromatic carbocycles. The Hall–Kier alpha value is -2.06. The van der Waals surface area contributed by atoms with E-state index in [4.69, 9.17) is 0 Å². The molecule has 1 atom stereocenters. The summed E-state index contributed by atoms with van der Waals surface area (Å²) in [5, 5.41) is 4.29. The SMILES string of the molecule is C=C1N(N(C)C)c2ccccc2C1(C)c1ccccc1. The molecule has 1 heterocycles. The van der Waals surface area contributed by atoms with Crippen LogP contribution in [0.25, 0.3) is 0 Å². The van der Waals surface area contributed by atoms with Gasteiger partial charge in [-0.3, -0.25) is 5.01 Å². The summed E-state index contributed by atoms with van der Waals surface area (Å²) in [6, 6.07) is 19.2. The fourth-order valence-corrected chi connectivity index (χ4v) is 3.14. The van der Waals surface area contributed by atoms with Gasteiger partial charge in [0.1, 0.15) is 0 Å². The van der Waals surface area contributed by atoms with Crippen molar-refractivity contribution in [2.75, 3.05) is 19.1 Å². The molecule has 0 saturated carbocycles. The van der Waals surface area contributed by atoms with Crippen molar-refractivity contribution in [1.82, 2.24) is 5.01 Å². The van der Waals surface area contributed by atoms with Crippen molar-refractivity contribution < 1.29 is 0 Å². The van der Waals surface area contributed by atoms with Crippen LogP contribution in [0.1, 0.15) is 18.1 Å². The summed E-state index contributed by atoms with van der Waals surface area (Å²) in [4.78, 5) is 0. The van der Waals surface area contributed by atoms with Gasteiger partial charge in [-0.25, -0.2) is 5.01 Å². The molecule has 20 heavy (non-hydrogen) atoms. The number of rotatable bonds is 2. The monoisotopic (exact) mass is 264 g/mol. The van der Waals surface area contributed by atoms with E-state index >= 15 is 0 Å². The normalized spacial score (nSPS) is 21.4. The first-order valence-corrected chi connectivity index (χ1v) is 6.88. The lowest BCUT2D eigenvalue weighted by Gasteiger charge is -2.33. The first-order valence-electron chi connectivity index (χ1n) is 6.88. The molecule has 1 aliphatic rings. The molecule has 0 spiro atoms. The van der Waals surface area contributed by atoms with Gasteiger partial charge in [0.25, 0.3) is 0 Å². The van der Waals surface area contributed by atoms with E-state index in [2.05, 4.69) is 92.2 Å². The molecule has 0 radical (unpaired) electrons. The Labute approximate surface area is 120 Å². The van der Waals surface area contributed by atoms with E-state index in [0.29, 0.717) is 0 Å². The van der Waals surface area contributed by atoms with Gasteiger partial charge in [-0.15, -0.1) is 0 Å². The molecule has 1 aliphatic heterocycles. The summed E-state index contributed by atoms with van der Waals surface area (Å²) in [7, 11) is 4.11. The molecule has 1 unspecified atom stereocenters. The zero-order valence-electron chi connectivity index (χ0n) is 12.3. The molecule has 0 N–H and O–H groups in total. The Balaban J connectivity index is 2.25. The Kier molecular flexibility index (Phi) is 2.91. The van der Waals surface area contributed by atoms with Crippen LogP contribution < -0.4 is 5.01 Å². The van der Waals surface area contributed by atoms with Crippen molar-refractivity contribution in [2.24, 2.45) is 0 Å². The number of hydrazine groups is 1. The summed E-state index contributed by atoms with van der Waals surface area (Å²) in [5.41, 5.74) is 4.72. The highest BCUT2D eigenvalue weighted by Gasteiger charge is 2.44. The first-order chi connectivity index (χ1) is 9.56. The van der Waals surface area contributed by atoms with Crippen molar-refractivity contribution in [2.45, 2.75) is 12.3 Å². The Morgan fingerprint density at radius 1 is 0.950 bits per heavy atom. The van der Waals surface area contributed by atoms with Crippen LogP contribution in [0.15, 0.2) is 66.9 Å². The number of allylic oxidation sites excluding steroid dienone is 1. The van der Waals surface area contributed by atoms with Crippen molar-refractivity contribution >= 4 is 5.69 Å². The van der Waals surface area contributed by atoms with Gasteiger partial charge < -0.3 is 0 Å². The largest absolute Gasteiger partial charge is 0.278 e. The molecule has 2 heteroatoms. The van der Waals surface area contributed by atoms with Gasteiger partial charge in [-0.2, -0.15) is 0 Å². The highest BCUT2D eigenvalue weighted by atomic mass is 15.6. The minimum atomic E-state index is -0.178. The van der Waals surface area contributed by atoms with Crippen LogP contribution in [-0.2, 0) is 5.41 Å². The zero-order chi connectivity index (χ0) is 14.3. The smallest absolute Gasteiger partial charge is 0.0621 e. The predicted molar refractivity (Wildman–Crippen MR) is 84.6 cm³/mol. The maximum Gasteiger partial charge on any atom is 0.0621 e. The summed E-state index contributed by atoms with van der Waals surface area (Å²) < 4.78 is 0. The lowest BCUT2D eigenvalue weighted by molar-refractivity contribution is 0.395. The molecule has 0 amide bonds. The van der Waals surface area contributed by atoms with Crippen molar-refractivity contribution in [3.63, 3.8) is 0 Å². The fraction of sp³-hybridized carbons (Fsp3) is 0.222. The third-order valence-electron chi connectivity index (χ3n) is 4.25. The maximum atomic E-state index is 4.39. The molecule has 0 bridgehead atoms. The lowest BCUT2D eigenvalue weighted by atomic mass is 9.76. The van der Waals surface area contributed by atoms with Gasteiger partial charge in [-0.1, -0.05) is 55.1 Å². The van der Waals surface area contributed by atoms with Crippen LogP contribution in [-0.4, -0.2) is 19.1 Å². The minimum Gasteiger partial charge on any atom is -0.278 e. The third kappa shape index (κ3) is 1.61. The fourth-order valence-electron chi connectivity index (χ4n) is 3.14. The van der Waals surface area contributed by atoms with Crippen LogP contribution in [0.4, 0.5) is 5.69 Å². The molecule has 0 fully saturated rings. The maximum absolute atomic E-state index is 4.39. The Morgan fingerprint density at radius 2 is 1.55 bits per heavy atom. The second kappa shape index (κ2) is 4.50. The summed E-state index contributed by atoms with van der Waals surface area (Å²) in [6.45, 7) is 6.64. The first kappa shape index (κ1) is 12.9. The second-order valence-corrected chi connectivity index (χ2v) is 5.61. The van der Waals surface area contributed by atoms with E-state index in [-0.39, 0.29) is 5.41 Å². The van der Waals surface area contributed by atoms with Crippen molar-refractivity contribution in [1.29, 1.82) is 0 Å². The number of nitrogens with zero attached hydrogens (tertiary/aromatic N) is 2. The summed E-state index contributed by atoms with van der Waals surface area (Å²) in [5.74, 6) is 0. The number of hydrogen-bond donors (Lipinski definition) is 0. The number of para-hydroxylation sites is 1. The van der Waals surface area contributed by atoms with Crippen molar-refractivity contribution in [3.8, 4) is 0 Å². The number of anilines is 1. The standard InChI is InChI=1S/C18H20N2/c1-14-18(2,15-10-6-5-7-11-15)16-12-8-9-13-17(16)20(14)19(3)4/h5-13H,1H2,2-4H3. The Bertz CT molecular complexity index is 645. The molecule has 102 valence electrons. The van der Waals surface area contributed by atoms with Crippen LogP contribution in [0, 0.1) is 0 Å². The van der Waals surface area contributed by atoms with Crippen molar-refractivity contribution in [3.05, 3.63) is 78.0 Å². The molecular weight excluding hydrogens is 244 g/mol. The Morgan fingerprint density at radius 3 is 2.20 bits per heavy atom. The zero-order valence-corrected chi connectivity index (χ0v) is 12.3. The molecule has 0 aliphatic carbocycles. The minimum absolute atomic E-state index is 0.178. The quantitative estimate of drug-likeness (QED) is 0.814. The van der Waals surface area contributed by atoms with Gasteiger partial charge >= 0.3 is 0 Å². The number of fused-ring (bicyclic) bond motifs is 1. The highest BCUT2D eigenvalue weighted by Crippen LogP contribution is 2.50. The van der Waals surface area contributed by atoms with E-state index in [0.717, 1.165) is 5.70 Å². The van der Waals surface area contributed by atoms with E-state index in [1.165, 1.54) is 16.8 Å². The number of benzene rings is 2. The summed E-state index contributed by atoms with van der Waals surface area (Å²) >= 11 is 0. The van der Waals surface area contributed by atoms with Gasteiger partial charge in [0, 0.05) is 19.8 Å². The van der Waals surface area contributed by atoms with Crippen LogP contribution in [0.5, 0.6) is 0 Å². The summed E-state index contributed by atoms with van der Waals surface area (Å²) in [6.07, 6.45) is 0. The molecule has 0 aromatic heterocycles. The number of hydrogen-bond acceptors (Lipinski definition) is 2. The van der Waals surface area contributed by atoms with E-state index < -0.39 is 0 Å². The van der Waals surface area contributed by atoms with Crippen LogP contribution in [0.2, 0.25) is 0 Å².